The maximum atomic E-state index is 5.77. The molecule has 0 amide bonds. The number of fused-ring (bicyclic) bond motifs is 1. The molecule has 0 aliphatic rings. The number of nitrogens with two attached hydrogens (primary N) is 1. The Labute approximate surface area is 118 Å². The van der Waals surface area contributed by atoms with Crippen molar-refractivity contribution in [2.45, 2.75) is 6.54 Å². The van der Waals surface area contributed by atoms with Crippen LogP contribution in [0.4, 0.5) is 5.69 Å². The first-order chi connectivity index (χ1) is 9.69. The molecule has 2 aromatic carbocycles. The third-order valence-electron chi connectivity index (χ3n) is 3.45. The Morgan fingerprint density at radius 2 is 1.95 bits per heavy atom. The molecular formula is C16H18N4. The highest BCUT2D eigenvalue weighted by Crippen LogP contribution is 2.25. The smallest absolute Gasteiger partial charge is 0.138 e. The van der Waals surface area contributed by atoms with E-state index >= 15 is 0 Å². The van der Waals surface area contributed by atoms with E-state index in [2.05, 4.69) is 28.1 Å². The normalized spacial score (nSPS) is 10.9. The number of aromatic amines is 1. The first-order valence-corrected chi connectivity index (χ1v) is 6.64. The van der Waals surface area contributed by atoms with Gasteiger partial charge in [0.15, 0.2) is 0 Å². The van der Waals surface area contributed by atoms with Crippen LogP contribution < -0.4 is 10.6 Å². The number of imidazole rings is 1. The fraction of sp³-hybridized carbons (Fsp3) is 0.188. The molecule has 4 nitrogen and oxygen atoms in total. The summed E-state index contributed by atoms with van der Waals surface area (Å²) in [5.41, 5.74) is 11.0. The Morgan fingerprint density at radius 3 is 2.70 bits per heavy atom. The van der Waals surface area contributed by atoms with Crippen molar-refractivity contribution in [3.8, 4) is 11.4 Å². The van der Waals surface area contributed by atoms with Gasteiger partial charge in [0.1, 0.15) is 5.82 Å². The minimum absolute atomic E-state index is 0.499. The van der Waals surface area contributed by atoms with E-state index in [1.807, 2.05) is 38.4 Å². The van der Waals surface area contributed by atoms with Gasteiger partial charge in [-0.25, -0.2) is 4.98 Å². The number of aromatic nitrogens is 2. The molecule has 4 heteroatoms. The zero-order valence-corrected chi connectivity index (χ0v) is 11.7. The number of para-hydroxylation sites is 1. The van der Waals surface area contributed by atoms with Gasteiger partial charge in [-0.3, -0.25) is 0 Å². The second-order valence-electron chi connectivity index (χ2n) is 5.05. The molecule has 1 aromatic heterocycles. The standard InChI is InChI=1S/C16H18N4/c1-20(2)13-7-3-5-11(9-13)16-18-14-8-4-6-12(10-17)15(14)19-16/h3-9H,10,17H2,1-2H3,(H,18,19). The molecule has 0 saturated carbocycles. The number of rotatable bonds is 3. The lowest BCUT2D eigenvalue weighted by Crippen LogP contribution is -2.08. The van der Waals surface area contributed by atoms with Gasteiger partial charge in [-0.2, -0.15) is 0 Å². The van der Waals surface area contributed by atoms with Crippen LogP contribution in [-0.4, -0.2) is 24.1 Å². The number of nitrogens with zero attached hydrogens (tertiary/aromatic N) is 2. The molecule has 0 aliphatic carbocycles. The summed E-state index contributed by atoms with van der Waals surface area (Å²) >= 11 is 0. The van der Waals surface area contributed by atoms with E-state index in [-0.39, 0.29) is 0 Å². The second kappa shape index (κ2) is 4.98. The first-order valence-electron chi connectivity index (χ1n) is 6.64. The Hall–Kier alpha value is -2.33. The Morgan fingerprint density at radius 1 is 1.15 bits per heavy atom. The van der Waals surface area contributed by atoms with E-state index in [4.69, 9.17) is 10.7 Å². The SMILES string of the molecule is CN(C)c1cccc(-c2nc3c(CN)cccc3[nH]2)c1. The summed E-state index contributed by atoms with van der Waals surface area (Å²) in [5, 5.41) is 0. The lowest BCUT2D eigenvalue weighted by atomic mass is 10.2. The van der Waals surface area contributed by atoms with Crippen LogP contribution in [0.15, 0.2) is 42.5 Å². The Bertz CT molecular complexity index is 743. The predicted octanol–water partition coefficient (Wildman–Crippen LogP) is 2.75. The maximum absolute atomic E-state index is 5.77. The van der Waals surface area contributed by atoms with Crippen LogP contribution in [0.5, 0.6) is 0 Å². The minimum Gasteiger partial charge on any atom is -0.378 e. The Balaban J connectivity index is 2.13. The summed E-state index contributed by atoms with van der Waals surface area (Å²) in [6, 6.07) is 14.4. The van der Waals surface area contributed by atoms with E-state index in [0.29, 0.717) is 6.54 Å². The summed E-state index contributed by atoms with van der Waals surface area (Å²) in [6.07, 6.45) is 0. The summed E-state index contributed by atoms with van der Waals surface area (Å²) in [4.78, 5) is 10.1. The van der Waals surface area contributed by atoms with Gasteiger partial charge in [0.2, 0.25) is 0 Å². The van der Waals surface area contributed by atoms with Crippen LogP contribution in [-0.2, 0) is 6.54 Å². The van der Waals surface area contributed by atoms with Crippen LogP contribution in [0, 0.1) is 0 Å². The highest BCUT2D eigenvalue weighted by molar-refractivity contribution is 5.82. The fourth-order valence-electron chi connectivity index (χ4n) is 2.32. The zero-order chi connectivity index (χ0) is 14.1. The number of nitrogens with one attached hydrogen (secondary N) is 1. The average molecular weight is 266 g/mol. The molecule has 20 heavy (non-hydrogen) atoms. The molecule has 0 spiro atoms. The van der Waals surface area contributed by atoms with Gasteiger partial charge in [-0.15, -0.1) is 0 Å². The molecule has 0 atom stereocenters. The third-order valence-corrected chi connectivity index (χ3v) is 3.45. The number of benzene rings is 2. The molecule has 0 saturated heterocycles. The first kappa shape index (κ1) is 12.7. The van der Waals surface area contributed by atoms with E-state index in [0.717, 1.165) is 33.7 Å². The van der Waals surface area contributed by atoms with Crippen molar-refractivity contribution in [3.05, 3.63) is 48.0 Å². The summed E-state index contributed by atoms with van der Waals surface area (Å²) in [7, 11) is 4.06. The van der Waals surface area contributed by atoms with Gasteiger partial charge in [-0.1, -0.05) is 24.3 Å². The molecule has 0 unspecified atom stereocenters. The molecular weight excluding hydrogens is 248 g/mol. The van der Waals surface area contributed by atoms with E-state index < -0.39 is 0 Å². The van der Waals surface area contributed by atoms with E-state index in [9.17, 15) is 0 Å². The monoisotopic (exact) mass is 266 g/mol. The number of anilines is 1. The lowest BCUT2D eigenvalue weighted by molar-refractivity contribution is 1.08. The predicted molar refractivity (Wildman–Crippen MR) is 83.7 cm³/mol. The fourth-order valence-corrected chi connectivity index (χ4v) is 2.32. The van der Waals surface area contributed by atoms with Crippen LogP contribution in [0.2, 0.25) is 0 Å². The molecule has 102 valence electrons. The van der Waals surface area contributed by atoms with Crippen LogP contribution in [0.25, 0.3) is 22.4 Å². The average Bonchev–Trinajstić information content (AvgIpc) is 2.91. The molecule has 3 rings (SSSR count). The highest BCUT2D eigenvalue weighted by atomic mass is 15.1. The minimum atomic E-state index is 0.499. The number of hydrogen-bond acceptors (Lipinski definition) is 3. The van der Waals surface area contributed by atoms with Crippen molar-refractivity contribution in [2.24, 2.45) is 5.73 Å². The van der Waals surface area contributed by atoms with Crippen LogP contribution in [0.3, 0.4) is 0 Å². The van der Waals surface area contributed by atoms with Crippen molar-refractivity contribution < 1.29 is 0 Å². The van der Waals surface area contributed by atoms with Gasteiger partial charge in [0.05, 0.1) is 11.0 Å². The number of hydrogen-bond donors (Lipinski definition) is 2. The van der Waals surface area contributed by atoms with Crippen LogP contribution >= 0.6 is 0 Å². The summed E-state index contributed by atoms with van der Waals surface area (Å²) < 4.78 is 0. The second-order valence-corrected chi connectivity index (χ2v) is 5.05. The zero-order valence-electron chi connectivity index (χ0n) is 11.7. The van der Waals surface area contributed by atoms with Gasteiger partial charge in [0, 0.05) is 31.9 Å². The topological polar surface area (TPSA) is 57.9 Å². The van der Waals surface area contributed by atoms with Gasteiger partial charge in [-0.05, 0) is 23.8 Å². The quantitative estimate of drug-likeness (QED) is 0.766. The van der Waals surface area contributed by atoms with E-state index in [1.165, 1.54) is 0 Å². The van der Waals surface area contributed by atoms with Gasteiger partial charge < -0.3 is 15.6 Å². The lowest BCUT2D eigenvalue weighted by Gasteiger charge is -2.12. The van der Waals surface area contributed by atoms with Crippen molar-refractivity contribution in [3.63, 3.8) is 0 Å². The molecule has 0 fully saturated rings. The molecule has 0 bridgehead atoms. The highest BCUT2D eigenvalue weighted by Gasteiger charge is 2.08. The Kier molecular flexibility index (Phi) is 3.16. The summed E-state index contributed by atoms with van der Waals surface area (Å²) in [6.45, 7) is 0.499. The van der Waals surface area contributed by atoms with E-state index in [1.54, 1.807) is 0 Å². The summed E-state index contributed by atoms with van der Waals surface area (Å²) in [5.74, 6) is 0.879. The van der Waals surface area contributed by atoms with Crippen molar-refractivity contribution in [1.82, 2.24) is 9.97 Å². The number of H-pyrrole nitrogens is 1. The van der Waals surface area contributed by atoms with Crippen molar-refractivity contribution in [2.75, 3.05) is 19.0 Å². The molecule has 0 radical (unpaired) electrons. The largest absolute Gasteiger partial charge is 0.378 e. The molecule has 1 heterocycles. The molecule has 3 aromatic rings. The molecule has 3 N–H and O–H groups in total. The van der Waals surface area contributed by atoms with Gasteiger partial charge in [0.25, 0.3) is 0 Å². The van der Waals surface area contributed by atoms with Gasteiger partial charge >= 0.3 is 0 Å². The van der Waals surface area contributed by atoms with Crippen molar-refractivity contribution in [1.29, 1.82) is 0 Å². The maximum Gasteiger partial charge on any atom is 0.138 e. The molecule has 0 aliphatic heterocycles. The van der Waals surface area contributed by atoms with Crippen LogP contribution in [0.1, 0.15) is 5.56 Å². The third kappa shape index (κ3) is 2.14. The van der Waals surface area contributed by atoms with Crippen molar-refractivity contribution >= 4 is 16.7 Å².